The predicted octanol–water partition coefficient (Wildman–Crippen LogP) is 1.98. The Morgan fingerprint density at radius 3 is 2.80 bits per heavy atom. The van der Waals surface area contributed by atoms with E-state index in [0.29, 0.717) is 18.9 Å². The first-order chi connectivity index (χ1) is 12.0. The van der Waals surface area contributed by atoms with E-state index in [0.717, 1.165) is 28.8 Å². The molecule has 3 aromatic heterocycles. The van der Waals surface area contributed by atoms with Crippen LogP contribution in [0.3, 0.4) is 0 Å². The fourth-order valence-corrected chi connectivity index (χ4v) is 2.88. The van der Waals surface area contributed by atoms with Gasteiger partial charge in [-0.15, -0.1) is 0 Å². The number of aromatic nitrogens is 6. The number of carbonyl (C=O) groups is 1. The quantitative estimate of drug-likeness (QED) is 0.609. The first-order valence-corrected chi connectivity index (χ1v) is 8.81. The molecular weight excluding hydrogens is 386 g/mol. The summed E-state index contributed by atoms with van der Waals surface area (Å²) in [6.45, 7) is 5.82. The zero-order valence-corrected chi connectivity index (χ0v) is 15.8. The van der Waals surface area contributed by atoms with Gasteiger partial charge >= 0.3 is 0 Å². The molecule has 0 spiro atoms. The summed E-state index contributed by atoms with van der Waals surface area (Å²) in [5, 5.41) is 15.7. The summed E-state index contributed by atoms with van der Waals surface area (Å²) >= 11 is 3.35. The van der Waals surface area contributed by atoms with Crippen molar-refractivity contribution in [2.75, 3.05) is 6.54 Å². The highest BCUT2D eigenvalue weighted by molar-refractivity contribution is 9.10. The van der Waals surface area contributed by atoms with Crippen molar-refractivity contribution < 1.29 is 4.79 Å². The lowest BCUT2D eigenvalue weighted by Crippen LogP contribution is -2.26. The van der Waals surface area contributed by atoms with Crippen molar-refractivity contribution >= 4 is 21.8 Å². The van der Waals surface area contributed by atoms with Crippen LogP contribution in [0, 0.1) is 13.8 Å². The summed E-state index contributed by atoms with van der Waals surface area (Å²) in [5.41, 5.74) is 2.54. The molecule has 9 heteroatoms. The third-order valence-corrected chi connectivity index (χ3v) is 4.11. The predicted molar refractivity (Wildman–Crippen MR) is 96.2 cm³/mol. The minimum absolute atomic E-state index is 0.172. The highest BCUT2D eigenvalue weighted by atomic mass is 79.9. The normalized spacial score (nSPS) is 11.0. The molecule has 0 aliphatic rings. The number of aryl methyl sites for hydroxylation is 3. The molecule has 3 aromatic rings. The van der Waals surface area contributed by atoms with Crippen LogP contribution in [0.25, 0.3) is 0 Å². The van der Waals surface area contributed by atoms with E-state index in [4.69, 9.17) is 0 Å². The lowest BCUT2D eigenvalue weighted by Gasteiger charge is -2.05. The Hall–Kier alpha value is -2.42. The Morgan fingerprint density at radius 1 is 1.28 bits per heavy atom. The van der Waals surface area contributed by atoms with Crippen molar-refractivity contribution in [3.63, 3.8) is 0 Å². The zero-order chi connectivity index (χ0) is 17.8. The van der Waals surface area contributed by atoms with Gasteiger partial charge in [0.15, 0.2) is 0 Å². The lowest BCUT2D eigenvalue weighted by atomic mass is 10.3. The van der Waals surface area contributed by atoms with E-state index in [1.54, 1.807) is 27.8 Å². The van der Waals surface area contributed by atoms with E-state index in [1.807, 2.05) is 30.8 Å². The van der Waals surface area contributed by atoms with E-state index < -0.39 is 0 Å². The van der Waals surface area contributed by atoms with E-state index in [9.17, 15) is 4.79 Å². The summed E-state index contributed by atoms with van der Waals surface area (Å²) in [6.07, 6.45) is 6.14. The maximum atomic E-state index is 12.2. The molecule has 8 nitrogen and oxygen atoms in total. The van der Waals surface area contributed by atoms with Crippen molar-refractivity contribution in [3.8, 4) is 0 Å². The minimum Gasteiger partial charge on any atom is -0.351 e. The Bertz CT molecular complexity index is 864. The van der Waals surface area contributed by atoms with Gasteiger partial charge in [-0.3, -0.25) is 14.2 Å². The Labute approximate surface area is 154 Å². The number of nitrogens with one attached hydrogen (secondary N) is 1. The lowest BCUT2D eigenvalue weighted by molar-refractivity contribution is 0.0946. The molecule has 3 heterocycles. The van der Waals surface area contributed by atoms with E-state index in [-0.39, 0.29) is 5.91 Å². The van der Waals surface area contributed by atoms with E-state index in [1.165, 1.54) is 0 Å². The average molecular weight is 406 g/mol. The van der Waals surface area contributed by atoms with Gasteiger partial charge in [-0.2, -0.15) is 15.3 Å². The summed E-state index contributed by atoms with van der Waals surface area (Å²) < 4.78 is 6.26. The molecule has 25 heavy (non-hydrogen) atoms. The van der Waals surface area contributed by atoms with Crippen molar-refractivity contribution in [3.05, 3.63) is 52.3 Å². The average Bonchev–Trinajstić information content (AvgIpc) is 3.26. The second-order valence-corrected chi connectivity index (χ2v) is 6.76. The van der Waals surface area contributed by atoms with Gasteiger partial charge in [-0.05, 0) is 48.3 Å². The number of amides is 1. The molecule has 132 valence electrons. The van der Waals surface area contributed by atoms with Crippen LogP contribution < -0.4 is 5.32 Å². The molecule has 0 aromatic carbocycles. The third-order valence-electron chi connectivity index (χ3n) is 3.70. The molecule has 1 N–H and O–H groups in total. The van der Waals surface area contributed by atoms with Crippen LogP contribution in [0.15, 0.2) is 35.2 Å². The van der Waals surface area contributed by atoms with Gasteiger partial charge in [0.1, 0.15) is 12.4 Å². The Morgan fingerprint density at radius 2 is 2.12 bits per heavy atom. The fraction of sp³-hybridized carbons (Fsp3) is 0.375. The van der Waals surface area contributed by atoms with Crippen LogP contribution in [0.1, 0.15) is 28.3 Å². The number of halogens is 1. The van der Waals surface area contributed by atoms with Gasteiger partial charge in [0, 0.05) is 31.2 Å². The highest BCUT2D eigenvalue weighted by Gasteiger charge is 2.09. The van der Waals surface area contributed by atoms with Gasteiger partial charge in [-0.1, -0.05) is 0 Å². The molecular formula is C16H20BrN7O. The summed E-state index contributed by atoms with van der Waals surface area (Å²) in [7, 11) is 0. The van der Waals surface area contributed by atoms with Gasteiger partial charge in [0.05, 0.1) is 16.4 Å². The van der Waals surface area contributed by atoms with Crippen molar-refractivity contribution in [2.24, 2.45) is 0 Å². The third kappa shape index (κ3) is 4.56. The number of rotatable bonds is 7. The van der Waals surface area contributed by atoms with Gasteiger partial charge in [0.2, 0.25) is 0 Å². The van der Waals surface area contributed by atoms with Crippen LogP contribution in [-0.4, -0.2) is 41.8 Å². The molecule has 0 fully saturated rings. The zero-order valence-electron chi connectivity index (χ0n) is 14.2. The minimum atomic E-state index is -0.172. The van der Waals surface area contributed by atoms with Gasteiger partial charge in [-0.25, -0.2) is 4.68 Å². The van der Waals surface area contributed by atoms with Gasteiger partial charge < -0.3 is 5.32 Å². The Balaban J connectivity index is 1.46. The van der Waals surface area contributed by atoms with E-state index >= 15 is 0 Å². The molecule has 0 radical (unpaired) electrons. The molecule has 0 saturated heterocycles. The van der Waals surface area contributed by atoms with Crippen molar-refractivity contribution in [1.82, 2.24) is 34.7 Å². The molecule has 0 aliphatic carbocycles. The maximum absolute atomic E-state index is 12.2. The van der Waals surface area contributed by atoms with Crippen molar-refractivity contribution in [1.29, 1.82) is 0 Å². The molecule has 0 atom stereocenters. The summed E-state index contributed by atoms with van der Waals surface area (Å²) in [4.78, 5) is 12.2. The summed E-state index contributed by atoms with van der Waals surface area (Å²) in [5.74, 6) is -0.172. The Kier molecular flexibility index (Phi) is 5.32. The molecule has 3 rings (SSSR count). The van der Waals surface area contributed by atoms with Crippen molar-refractivity contribution in [2.45, 2.75) is 33.5 Å². The number of hydrogen-bond acceptors (Lipinski definition) is 4. The largest absolute Gasteiger partial charge is 0.351 e. The number of hydrogen-bond donors (Lipinski definition) is 1. The second kappa shape index (κ2) is 7.64. The molecule has 0 saturated carbocycles. The number of carbonyl (C=O) groups excluding carboxylic acids is 1. The molecule has 0 aliphatic heterocycles. The van der Waals surface area contributed by atoms with Crippen LogP contribution in [0.5, 0.6) is 0 Å². The maximum Gasteiger partial charge on any atom is 0.271 e. The highest BCUT2D eigenvalue weighted by Crippen LogP contribution is 2.06. The SMILES string of the molecule is Cc1cc(C)n(CCCNC(=O)c2ccn(Cn3cc(Br)cn3)n2)n1. The first-order valence-electron chi connectivity index (χ1n) is 8.02. The van der Waals surface area contributed by atoms with Crippen LogP contribution >= 0.6 is 15.9 Å². The van der Waals surface area contributed by atoms with E-state index in [2.05, 4.69) is 36.5 Å². The summed E-state index contributed by atoms with van der Waals surface area (Å²) in [6, 6.07) is 3.75. The topological polar surface area (TPSA) is 82.6 Å². The fourth-order valence-electron chi connectivity index (χ4n) is 2.55. The van der Waals surface area contributed by atoms with Gasteiger partial charge in [0.25, 0.3) is 5.91 Å². The molecule has 0 bridgehead atoms. The molecule has 1 amide bonds. The molecule has 0 unspecified atom stereocenters. The monoisotopic (exact) mass is 405 g/mol. The van der Waals surface area contributed by atoms with Crippen LogP contribution in [0.2, 0.25) is 0 Å². The first kappa shape index (κ1) is 17.4. The second-order valence-electron chi connectivity index (χ2n) is 5.84. The van der Waals surface area contributed by atoms with Crippen LogP contribution in [-0.2, 0) is 13.2 Å². The number of nitrogens with zero attached hydrogens (tertiary/aromatic N) is 6. The van der Waals surface area contributed by atoms with Crippen LogP contribution in [0.4, 0.5) is 0 Å². The standard InChI is InChI=1S/C16H20BrN7O/c1-12-8-13(2)24(20-12)6-3-5-18-16(25)15-4-7-22(21-15)11-23-10-14(17)9-19-23/h4,7-10H,3,5-6,11H2,1-2H3,(H,18,25). The smallest absolute Gasteiger partial charge is 0.271 e.